The third kappa shape index (κ3) is 3.36. The number of piperidine rings is 1. The molecule has 7 heteroatoms. The first kappa shape index (κ1) is 17.6. The minimum absolute atomic E-state index is 0.526. The summed E-state index contributed by atoms with van der Waals surface area (Å²) in [6.45, 7) is 5.98. The zero-order valence-electron chi connectivity index (χ0n) is 16.4. The van der Waals surface area contributed by atoms with E-state index in [1.807, 2.05) is 11.7 Å². The molecule has 0 aliphatic carbocycles. The summed E-state index contributed by atoms with van der Waals surface area (Å²) in [4.78, 5) is 2.55. The fraction of sp³-hybridized carbons (Fsp3) is 0.476. The molecule has 0 saturated carbocycles. The van der Waals surface area contributed by atoms with Crippen LogP contribution in [-0.4, -0.2) is 49.1 Å². The fourth-order valence-electron chi connectivity index (χ4n) is 4.50. The van der Waals surface area contributed by atoms with E-state index in [9.17, 15) is 0 Å². The Hall–Kier alpha value is -2.51. The van der Waals surface area contributed by atoms with E-state index in [-0.39, 0.29) is 0 Å². The third-order valence-corrected chi connectivity index (χ3v) is 5.95. The molecule has 2 aliphatic heterocycles. The first-order valence-corrected chi connectivity index (χ1v) is 10.2. The van der Waals surface area contributed by atoms with E-state index in [2.05, 4.69) is 61.5 Å². The highest BCUT2D eigenvalue weighted by molar-refractivity contribution is 5.62. The van der Waals surface area contributed by atoms with Crippen molar-refractivity contribution < 1.29 is 0 Å². The number of hydrogen-bond acceptors (Lipinski definition) is 5. The maximum atomic E-state index is 4.71. The van der Waals surface area contributed by atoms with Gasteiger partial charge in [0.2, 0.25) is 0 Å². The van der Waals surface area contributed by atoms with Gasteiger partial charge in [0.1, 0.15) is 11.6 Å². The number of aromatic nitrogens is 5. The molecule has 4 heterocycles. The number of hydrogen-bond donors (Lipinski definition) is 1. The number of likely N-dealkylation sites (tertiary alicyclic amines) is 1. The largest absolute Gasteiger partial charge is 0.312 e. The molecule has 0 unspecified atom stereocenters. The summed E-state index contributed by atoms with van der Waals surface area (Å²) in [5.74, 6) is 2.81. The number of rotatable bonds is 4. The first-order chi connectivity index (χ1) is 13.8. The molecule has 0 amide bonds. The molecule has 5 rings (SSSR count). The van der Waals surface area contributed by atoms with E-state index in [4.69, 9.17) is 5.10 Å². The molecule has 0 atom stereocenters. The van der Waals surface area contributed by atoms with E-state index in [1.165, 1.54) is 17.0 Å². The molecule has 1 N–H and O–H groups in total. The molecule has 7 nitrogen and oxygen atoms in total. The maximum absolute atomic E-state index is 4.71. The van der Waals surface area contributed by atoms with Crippen LogP contribution in [0.25, 0.3) is 11.3 Å². The van der Waals surface area contributed by atoms with Gasteiger partial charge >= 0.3 is 0 Å². The van der Waals surface area contributed by atoms with Gasteiger partial charge in [-0.3, -0.25) is 9.58 Å². The van der Waals surface area contributed by atoms with Crippen molar-refractivity contribution in [2.45, 2.75) is 38.4 Å². The van der Waals surface area contributed by atoms with Crippen molar-refractivity contribution in [1.29, 1.82) is 0 Å². The highest BCUT2D eigenvalue weighted by Crippen LogP contribution is 2.30. The van der Waals surface area contributed by atoms with Crippen LogP contribution in [0.1, 0.15) is 36.0 Å². The first-order valence-electron chi connectivity index (χ1n) is 10.2. The summed E-state index contributed by atoms with van der Waals surface area (Å²) in [5, 5.41) is 17.0. The van der Waals surface area contributed by atoms with Crippen LogP contribution in [0.3, 0.4) is 0 Å². The number of fused-ring (bicyclic) bond motifs is 1. The van der Waals surface area contributed by atoms with Gasteiger partial charge in [0, 0.05) is 49.9 Å². The van der Waals surface area contributed by atoms with Crippen LogP contribution >= 0.6 is 0 Å². The van der Waals surface area contributed by atoms with Crippen LogP contribution in [0, 0.1) is 0 Å². The van der Waals surface area contributed by atoms with Gasteiger partial charge in [-0.25, -0.2) is 0 Å². The third-order valence-electron chi connectivity index (χ3n) is 5.95. The molecule has 146 valence electrons. The smallest absolute Gasteiger partial charge is 0.147 e. The molecule has 0 spiro atoms. The van der Waals surface area contributed by atoms with Crippen molar-refractivity contribution in [2.24, 2.45) is 7.05 Å². The number of benzene rings is 1. The Morgan fingerprint density at radius 2 is 1.89 bits per heavy atom. The van der Waals surface area contributed by atoms with E-state index < -0.39 is 0 Å². The van der Waals surface area contributed by atoms with Crippen LogP contribution in [0.4, 0.5) is 0 Å². The van der Waals surface area contributed by atoms with Crippen molar-refractivity contribution in [3.8, 4) is 11.3 Å². The van der Waals surface area contributed by atoms with Crippen LogP contribution in [0.15, 0.2) is 36.5 Å². The quantitative estimate of drug-likeness (QED) is 0.755. The maximum Gasteiger partial charge on any atom is 0.147 e. The molecule has 0 bridgehead atoms. The minimum Gasteiger partial charge on any atom is -0.312 e. The Morgan fingerprint density at radius 3 is 2.71 bits per heavy atom. The SMILES string of the molecule is Cn1cc(CN2CCC(c3nnc4n3CCNC4)CC2)c(-c2ccccc2)n1. The molecule has 1 saturated heterocycles. The second-order valence-electron chi connectivity index (χ2n) is 7.90. The molecule has 1 aromatic carbocycles. The summed E-state index contributed by atoms with van der Waals surface area (Å²) < 4.78 is 4.27. The van der Waals surface area contributed by atoms with Crippen LogP contribution in [0.2, 0.25) is 0 Å². The van der Waals surface area contributed by atoms with Crippen LogP contribution in [-0.2, 0) is 26.7 Å². The Kier molecular flexibility index (Phi) is 4.70. The van der Waals surface area contributed by atoms with Crippen molar-refractivity contribution >= 4 is 0 Å². The van der Waals surface area contributed by atoms with Gasteiger partial charge in [0.15, 0.2) is 0 Å². The van der Waals surface area contributed by atoms with Crippen molar-refractivity contribution in [3.63, 3.8) is 0 Å². The van der Waals surface area contributed by atoms with Gasteiger partial charge in [0.05, 0.1) is 12.2 Å². The molecule has 0 radical (unpaired) electrons. The lowest BCUT2D eigenvalue weighted by molar-refractivity contribution is 0.199. The molecular formula is C21H27N7. The molecule has 2 aliphatic rings. The second-order valence-corrected chi connectivity index (χ2v) is 7.90. The number of nitrogens with zero attached hydrogens (tertiary/aromatic N) is 6. The van der Waals surface area contributed by atoms with E-state index >= 15 is 0 Å². The standard InChI is InChI=1S/C21H27N7/c1-26-14-18(20(25-26)16-5-3-2-4-6-16)15-27-10-7-17(8-11-27)21-24-23-19-13-22-9-12-28(19)21/h2-6,14,17,22H,7-13,15H2,1H3. The lowest BCUT2D eigenvalue weighted by atomic mass is 9.95. The number of aryl methyl sites for hydroxylation is 1. The monoisotopic (exact) mass is 377 g/mol. The average molecular weight is 377 g/mol. The zero-order chi connectivity index (χ0) is 18.9. The summed E-state index contributed by atoms with van der Waals surface area (Å²) in [7, 11) is 2.01. The number of nitrogens with one attached hydrogen (secondary N) is 1. The summed E-state index contributed by atoms with van der Waals surface area (Å²) in [6.07, 6.45) is 4.45. The molecular weight excluding hydrogens is 350 g/mol. The molecule has 28 heavy (non-hydrogen) atoms. The zero-order valence-corrected chi connectivity index (χ0v) is 16.4. The topological polar surface area (TPSA) is 63.8 Å². The van der Waals surface area contributed by atoms with Gasteiger partial charge in [-0.05, 0) is 25.9 Å². The summed E-state index contributed by atoms with van der Waals surface area (Å²) >= 11 is 0. The van der Waals surface area contributed by atoms with E-state index in [0.29, 0.717) is 5.92 Å². The Morgan fingerprint density at radius 1 is 1.07 bits per heavy atom. The highest BCUT2D eigenvalue weighted by atomic mass is 15.3. The normalized spacial score (nSPS) is 18.3. The van der Waals surface area contributed by atoms with E-state index in [0.717, 1.165) is 63.6 Å². The summed E-state index contributed by atoms with van der Waals surface area (Å²) in [5.41, 5.74) is 3.60. The highest BCUT2D eigenvalue weighted by Gasteiger charge is 2.27. The Balaban J connectivity index is 1.27. The Bertz CT molecular complexity index is 935. The predicted octanol–water partition coefficient (Wildman–Crippen LogP) is 2.16. The van der Waals surface area contributed by atoms with Crippen LogP contribution < -0.4 is 5.32 Å². The Labute approximate surface area is 165 Å². The minimum atomic E-state index is 0.526. The lowest BCUT2D eigenvalue weighted by Crippen LogP contribution is -2.34. The molecule has 2 aromatic heterocycles. The van der Waals surface area contributed by atoms with Crippen molar-refractivity contribution in [2.75, 3.05) is 19.6 Å². The van der Waals surface area contributed by atoms with E-state index in [1.54, 1.807) is 0 Å². The molecule has 3 aromatic rings. The molecule has 1 fully saturated rings. The predicted molar refractivity (Wildman–Crippen MR) is 108 cm³/mol. The van der Waals surface area contributed by atoms with Crippen molar-refractivity contribution in [1.82, 2.24) is 34.8 Å². The van der Waals surface area contributed by atoms with Gasteiger partial charge in [-0.15, -0.1) is 10.2 Å². The van der Waals surface area contributed by atoms with Gasteiger partial charge in [-0.2, -0.15) is 5.10 Å². The summed E-state index contributed by atoms with van der Waals surface area (Å²) in [6, 6.07) is 10.5. The van der Waals surface area contributed by atoms with Crippen LogP contribution in [0.5, 0.6) is 0 Å². The lowest BCUT2D eigenvalue weighted by Gasteiger charge is -2.32. The van der Waals surface area contributed by atoms with Gasteiger partial charge in [-0.1, -0.05) is 30.3 Å². The van der Waals surface area contributed by atoms with Crippen molar-refractivity contribution in [3.05, 3.63) is 53.7 Å². The second kappa shape index (κ2) is 7.48. The fourth-order valence-corrected chi connectivity index (χ4v) is 4.50. The average Bonchev–Trinajstić information content (AvgIpc) is 3.33. The van der Waals surface area contributed by atoms with Gasteiger partial charge in [0.25, 0.3) is 0 Å². The van der Waals surface area contributed by atoms with Gasteiger partial charge < -0.3 is 9.88 Å².